The molecule has 1 fully saturated rings. The van der Waals surface area contributed by atoms with Crippen molar-refractivity contribution in [3.63, 3.8) is 0 Å². The van der Waals surface area contributed by atoms with E-state index in [9.17, 15) is 9.18 Å². The molecule has 3 nitrogen and oxygen atoms in total. The molecule has 3 N–H and O–H groups in total. The lowest BCUT2D eigenvalue weighted by atomic mass is 10.1. The average molecular weight is 257 g/mol. The van der Waals surface area contributed by atoms with Crippen LogP contribution in [0.15, 0.2) is 18.2 Å². The van der Waals surface area contributed by atoms with E-state index in [1.54, 1.807) is 6.07 Å². The summed E-state index contributed by atoms with van der Waals surface area (Å²) in [4.78, 5) is 11.8. The summed E-state index contributed by atoms with van der Waals surface area (Å²) in [6.45, 7) is 0. The van der Waals surface area contributed by atoms with Crippen LogP contribution in [0.1, 0.15) is 19.3 Å². The van der Waals surface area contributed by atoms with Crippen molar-refractivity contribution in [1.82, 2.24) is 0 Å². The number of amides is 1. The molecule has 17 heavy (non-hydrogen) atoms. The molecule has 0 spiro atoms. The maximum atomic E-state index is 13.2. The van der Waals surface area contributed by atoms with Crippen LogP contribution in [0.25, 0.3) is 0 Å². The Balaban J connectivity index is 2.00. The molecule has 0 saturated heterocycles. The largest absolute Gasteiger partial charge is 0.328 e. The van der Waals surface area contributed by atoms with E-state index in [0.717, 1.165) is 12.8 Å². The molecule has 1 saturated carbocycles. The Hall–Kier alpha value is -1.13. The predicted octanol–water partition coefficient (Wildman–Crippen LogP) is 2.54. The van der Waals surface area contributed by atoms with Crippen LogP contribution >= 0.6 is 11.6 Å². The van der Waals surface area contributed by atoms with Crippen molar-refractivity contribution in [3.8, 4) is 0 Å². The molecule has 2 rings (SSSR count). The first-order valence-corrected chi connectivity index (χ1v) is 5.95. The lowest BCUT2D eigenvalue weighted by molar-refractivity contribution is -0.119. The van der Waals surface area contributed by atoms with Crippen molar-refractivity contribution in [2.45, 2.75) is 25.3 Å². The minimum absolute atomic E-state index is 0.0471. The van der Waals surface area contributed by atoms with Crippen LogP contribution in [-0.2, 0) is 4.79 Å². The summed E-state index contributed by atoms with van der Waals surface area (Å²) in [7, 11) is 0. The van der Waals surface area contributed by atoms with Gasteiger partial charge in [0.1, 0.15) is 5.82 Å². The predicted molar refractivity (Wildman–Crippen MR) is 65.4 cm³/mol. The van der Waals surface area contributed by atoms with Crippen LogP contribution in [0.3, 0.4) is 0 Å². The van der Waals surface area contributed by atoms with Crippen molar-refractivity contribution >= 4 is 23.2 Å². The molecule has 92 valence electrons. The molecule has 1 aromatic carbocycles. The molecule has 1 aromatic rings. The van der Waals surface area contributed by atoms with Crippen molar-refractivity contribution in [3.05, 3.63) is 29.0 Å². The van der Waals surface area contributed by atoms with Crippen LogP contribution in [-0.4, -0.2) is 11.9 Å². The summed E-state index contributed by atoms with van der Waals surface area (Å²) in [6.07, 6.45) is 2.36. The van der Waals surface area contributed by atoms with Gasteiger partial charge >= 0.3 is 0 Å². The van der Waals surface area contributed by atoms with Gasteiger partial charge in [0.15, 0.2) is 0 Å². The number of nitrogens with two attached hydrogens (primary N) is 1. The first-order valence-electron chi connectivity index (χ1n) is 5.58. The molecule has 1 aliphatic carbocycles. The molecule has 0 aliphatic heterocycles. The SMILES string of the molecule is NC1CCC(C(=O)Nc2ccc(Cl)c(F)c2)C1. The molecular weight excluding hydrogens is 243 g/mol. The highest BCUT2D eigenvalue weighted by atomic mass is 35.5. The molecule has 2 unspecified atom stereocenters. The second-order valence-corrected chi connectivity index (χ2v) is 4.80. The van der Waals surface area contributed by atoms with Crippen LogP contribution in [0, 0.1) is 11.7 Å². The van der Waals surface area contributed by atoms with E-state index < -0.39 is 5.82 Å². The number of nitrogens with one attached hydrogen (secondary N) is 1. The number of carbonyl (C=O) groups is 1. The normalized spacial score (nSPS) is 23.7. The smallest absolute Gasteiger partial charge is 0.227 e. The topological polar surface area (TPSA) is 55.1 Å². The fourth-order valence-corrected chi connectivity index (χ4v) is 2.19. The van der Waals surface area contributed by atoms with E-state index in [4.69, 9.17) is 17.3 Å². The Morgan fingerprint density at radius 1 is 1.47 bits per heavy atom. The lowest BCUT2D eigenvalue weighted by Crippen LogP contribution is -2.23. The zero-order valence-corrected chi connectivity index (χ0v) is 10.0. The minimum atomic E-state index is -0.535. The number of carbonyl (C=O) groups excluding carboxylic acids is 1. The standard InChI is InChI=1S/C12H14ClFN2O/c13-10-4-3-9(6-11(10)14)16-12(17)7-1-2-8(15)5-7/h3-4,6-8H,1-2,5,15H2,(H,16,17). The van der Waals surface area contributed by atoms with Gasteiger partial charge in [-0.25, -0.2) is 4.39 Å². The van der Waals surface area contributed by atoms with Gasteiger partial charge in [-0.3, -0.25) is 4.79 Å². The Labute approximate surface area is 104 Å². The lowest BCUT2D eigenvalue weighted by Gasteiger charge is -2.11. The summed E-state index contributed by atoms with van der Waals surface area (Å²) < 4.78 is 13.2. The third-order valence-electron chi connectivity index (χ3n) is 3.03. The fourth-order valence-electron chi connectivity index (χ4n) is 2.07. The van der Waals surface area contributed by atoms with Gasteiger partial charge in [-0.15, -0.1) is 0 Å². The summed E-state index contributed by atoms with van der Waals surface area (Å²) in [5, 5.41) is 2.73. The number of halogens is 2. The van der Waals surface area contributed by atoms with Gasteiger partial charge in [-0.1, -0.05) is 11.6 Å². The molecule has 2 atom stereocenters. The number of rotatable bonds is 2. The Kier molecular flexibility index (Phi) is 3.64. The molecule has 0 aromatic heterocycles. The molecular formula is C12H14ClFN2O. The zero-order valence-electron chi connectivity index (χ0n) is 9.25. The Morgan fingerprint density at radius 2 is 2.24 bits per heavy atom. The summed E-state index contributed by atoms with van der Waals surface area (Å²) in [5.41, 5.74) is 6.17. The zero-order chi connectivity index (χ0) is 12.4. The van der Waals surface area contributed by atoms with E-state index in [2.05, 4.69) is 5.32 Å². The van der Waals surface area contributed by atoms with Crippen LogP contribution in [0.2, 0.25) is 5.02 Å². The number of hydrogen-bond donors (Lipinski definition) is 2. The third kappa shape index (κ3) is 2.96. The maximum absolute atomic E-state index is 13.2. The summed E-state index contributed by atoms with van der Waals surface area (Å²) in [6, 6.07) is 4.33. The average Bonchev–Trinajstić information content (AvgIpc) is 2.70. The Bertz CT molecular complexity index is 439. The highest BCUT2D eigenvalue weighted by molar-refractivity contribution is 6.30. The number of hydrogen-bond acceptors (Lipinski definition) is 2. The monoisotopic (exact) mass is 256 g/mol. The van der Waals surface area contributed by atoms with Crippen LogP contribution < -0.4 is 11.1 Å². The van der Waals surface area contributed by atoms with Crippen molar-refractivity contribution in [2.75, 3.05) is 5.32 Å². The van der Waals surface area contributed by atoms with Gasteiger partial charge in [-0.05, 0) is 37.5 Å². The maximum Gasteiger partial charge on any atom is 0.227 e. The van der Waals surface area contributed by atoms with E-state index in [-0.39, 0.29) is 22.9 Å². The van der Waals surface area contributed by atoms with E-state index in [0.29, 0.717) is 12.1 Å². The van der Waals surface area contributed by atoms with Crippen LogP contribution in [0.4, 0.5) is 10.1 Å². The van der Waals surface area contributed by atoms with Crippen molar-refractivity contribution in [2.24, 2.45) is 11.7 Å². The summed E-state index contributed by atoms with van der Waals surface area (Å²) in [5.74, 6) is -0.698. The second-order valence-electron chi connectivity index (χ2n) is 4.39. The van der Waals surface area contributed by atoms with Crippen LogP contribution in [0.5, 0.6) is 0 Å². The first-order chi connectivity index (χ1) is 8.06. The molecule has 0 radical (unpaired) electrons. The molecule has 5 heteroatoms. The van der Waals surface area contributed by atoms with Crippen molar-refractivity contribution in [1.29, 1.82) is 0 Å². The molecule has 1 aliphatic rings. The number of anilines is 1. The highest BCUT2D eigenvalue weighted by Gasteiger charge is 2.27. The van der Waals surface area contributed by atoms with Crippen molar-refractivity contribution < 1.29 is 9.18 Å². The second kappa shape index (κ2) is 5.02. The van der Waals surface area contributed by atoms with Gasteiger partial charge in [0.2, 0.25) is 5.91 Å². The Morgan fingerprint density at radius 3 is 2.82 bits per heavy atom. The summed E-state index contributed by atoms with van der Waals surface area (Å²) >= 11 is 5.56. The molecule has 0 heterocycles. The fraction of sp³-hybridized carbons (Fsp3) is 0.417. The number of benzene rings is 1. The van der Waals surface area contributed by atoms with E-state index in [1.165, 1.54) is 12.1 Å². The minimum Gasteiger partial charge on any atom is -0.328 e. The molecule has 1 amide bonds. The molecule has 0 bridgehead atoms. The first kappa shape index (κ1) is 12.3. The van der Waals surface area contributed by atoms with Gasteiger partial charge in [-0.2, -0.15) is 0 Å². The third-order valence-corrected chi connectivity index (χ3v) is 3.34. The quantitative estimate of drug-likeness (QED) is 0.854. The van der Waals surface area contributed by atoms with E-state index >= 15 is 0 Å². The van der Waals surface area contributed by atoms with Gasteiger partial charge in [0, 0.05) is 17.6 Å². The van der Waals surface area contributed by atoms with Gasteiger partial charge in [0.25, 0.3) is 0 Å². The highest BCUT2D eigenvalue weighted by Crippen LogP contribution is 2.26. The van der Waals surface area contributed by atoms with E-state index in [1.807, 2.05) is 0 Å². The van der Waals surface area contributed by atoms with Gasteiger partial charge in [0.05, 0.1) is 5.02 Å². The van der Waals surface area contributed by atoms with Gasteiger partial charge < -0.3 is 11.1 Å².